The van der Waals surface area contributed by atoms with E-state index >= 15 is 0 Å². The van der Waals surface area contributed by atoms with Gasteiger partial charge in [-0.05, 0) is 42.8 Å². The van der Waals surface area contributed by atoms with Crippen molar-refractivity contribution < 1.29 is 29.0 Å². The first-order chi connectivity index (χ1) is 12.9. The van der Waals surface area contributed by atoms with Crippen LogP contribution >= 0.6 is 0 Å². The molecule has 0 aromatic heterocycles. The van der Waals surface area contributed by atoms with Gasteiger partial charge in [-0.15, -0.1) is 0 Å². The van der Waals surface area contributed by atoms with Crippen LogP contribution in [0.4, 0.5) is 5.69 Å². The molecule has 1 amide bonds. The number of anilines is 1. The van der Waals surface area contributed by atoms with Crippen molar-refractivity contribution in [2.75, 3.05) is 19.5 Å². The van der Waals surface area contributed by atoms with Crippen molar-refractivity contribution in [2.45, 2.75) is 19.3 Å². The molecule has 0 aliphatic heterocycles. The lowest BCUT2D eigenvalue weighted by atomic mass is 10.1. The van der Waals surface area contributed by atoms with E-state index in [1.54, 1.807) is 31.4 Å². The lowest BCUT2D eigenvalue weighted by Crippen LogP contribution is -2.12. The van der Waals surface area contributed by atoms with Gasteiger partial charge in [-0.2, -0.15) is 0 Å². The Kier molecular flexibility index (Phi) is 6.93. The van der Waals surface area contributed by atoms with E-state index in [0.29, 0.717) is 23.4 Å². The maximum atomic E-state index is 12.1. The van der Waals surface area contributed by atoms with Crippen molar-refractivity contribution in [3.8, 4) is 11.5 Å². The quantitative estimate of drug-likeness (QED) is 0.655. The number of carboxylic acids is 1. The number of nitrogens with one attached hydrogen (secondary N) is 1. The minimum Gasteiger partial charge on any atom is -0.497 e. The zero-order valence-corrected chi connectivity index (χ0v) is 15.2. The maximum absolute atomic E-state index is 12.1. The predicted octanol–water partition coefficient (Wildman–Crippen LogP) is 3.39. The number of methoxy groups -OCH3 is 2. The molecule has 0 bridgehead atoms. The summed E-state index contributed by atoms with van der Waals surface area (Å²) in [5.74, 6) is -0.576. The zero-order chi connectivity index (χ0) is 19.8. The van der Waals surface area contributed by atoms with Crippen LogP contribution in [0.1, 0.15) is 40.0 Å². The van der Waals surface area contributed by atoms with Crippen LogP contribution < -0.4 is 14.8 Å². The van der Waals surface area contributed by atoms with Crippen LogP contribution in [0.25, 0.3) is 0 Å². The standard InChI is InChI=1S/C20H21NO6/c1-26-15-9-6-13(7-10-15)17(22)4-3-5-19(23)21-14-8-11-16(20(24)25)18(12-14)27-2/h6-12H,3-5H2,1-2H3,(H,21,23)(H,24,25). The predicted molar refractivity (Wildman–Crippen MR) is 99.8 cm³/mol. The summed E-state index contributed by atoms with van der Waals surface area (Å²) in [6, 6.07) is 11.1. The molecule has 2 N–H and O–H groups in total. The van der Waals surface area contributed by atoms with Crippen LogP contribution in [0.5, 0.6) is 11.5 Å². The molecule has 0 heterocycles. The number of benzene rings is 2. The third-order valence-electron chi connectivity index (χ3n) is 3.94. The second kappa shape index (κ2) is 9.38. The number of aromatic carboxylic acids is 1. The highest BCUT2D eigenvalue weighted by Gasteiger charge is 2.13. The number of rotatable bonds is 9. The smallest absolute Gasteiger partial charge is 0.339 e. The van der Waals surface area contributed by atoms with Gasteiger partial charge in [-0.3, -0.25) is 9.59 Å². The first-order valence-electron chi connectivity index (χ1n) is 8.33. The first-order valence-corrected chi connectivity index (χ1v) is 8.33. The Bertz CT molecular complexity index is 829. The minimum absolute atomic E-state index is 0.0144. The lowest BCUT2D eigenvalue weighted by molar-refractivity contribution is -0.116. The number of carboxylic acid groups (broad SMARTS) is 1. The van der Waals surface area contributed by atoms with Crippen LogP contribution in [0.15, 0.2) is 42.5 Å². The summed E-state index contributed by atoms with van der Waals surface area (Å²) < 4.78 is 10.1. The third kappa shape index (κ3) is 5.57. The number of Topliss-reactive ketones (excluding diaryl/α,β-unsaturated/α-hetero) is 1. The number of carbonyl (C=O) groups excluding carboxylic acids is 2. The number of amides is 1. The summed E-state index contributed by atoms with van der Waals surface area (Å²) in [6.07, 6.45) is 0.826. The van der Waals surface area contributed by atoms with Gasteiger partial charge >= 0.3 is 5.97 Å². The molecule has 0 aliphatic rings. The topological polar surface area (TPSA) is 102 Å². The van der Waals surface area contributed by atoms with Gasteiger partial charge < -0.3 is 19.9 Å². The Morgan fingerprint density at radius 1 is 0.963 bits per heavy atom. The minimum atomic E-state index is -1.11. The molecule has 0 unspecified atom stereocenters. The molecule has 0 saturated carbocycles. The molecule has 27 heavy (non-hydrogen) atoms. The molecule has 142 valence electrons. The summed E-state index contributed by atoms with van der Waals surface area (Å²) in [5, 5.41) is 11.7. The normalized spacial score (nSPS) is 10.1. The van der Waals surface area contributed by atoms with Gasteiger partial charge in [0.25, 0.3) is 0 Å². The van der Waals surface area contributed by atoms with Crippen LogP contribution in [0.2, 0.25) is 0 Å². The van der Waals surface area contributed by atoms with Gasteiger partial charge in [0.1, 0.15) is 17.1 Å². The van der Waals surface area contributed by atoms with Crippen molar-refractivity contribution in [2.24, 2.45) is 0 Å². The highest BCUT2D eigenvalue weighted by Crippen LogP contribution is 2.23. The molecule has 2 aromatic carbocycles. The van der Waals surface area contributed by atoms with Gasteiger partial charge in [0, 0.05) is 30.2 Å². The van der Waals surface area contributed by atoms with Crippen molar-refractivity contribution in [1.82, 2.24) is 0 Å². The van der Waals surface area contributed by atoms with E-state index in [-0.39, 0.29) is 35.8 Å². The summed E-state index contributed by atoms with van der Waals surface area (Å²) >= 11 is 0. The fourth-order valence-corrected chi connectivity index (χ4v) is 2.50. The molecule has 7 heteroatoms. The highest BCUT2D eigenvalue weighted by molar-refractivity contribution is 5.97. The number of hydrogen-bond acceptors (Lipinski definition) is 5. The molecule has 0 saturated heterocycles. The van der Waals surface area contributed by atoms with Crippen LogP contribution in [0, 0.1) is 0 Å². The van der Waals surface area contributed by atoms with Crippen LogP contribution in [-0.2, 0) is 4.79 Å². The zero-order valence-electron chi connectivity index (χ0n) is 15.2. The largest absolute Gasteiger partial charge is 0.497 e. The van der Waals surface area contributed by atoms with Gasteiger partial charge in [0.05, 0.1) is 14.2 Å². The maximum Gasteiger partial charge on any atom is 0.339 e. The van der Waals surface area contributed by atoms with E-state index in [4.69, 9.17) is 14.6 Å². The Balaban J connectivity index is 1.85. The highest BCUT2D eigenvalue weighted by atomic mass is 16.5. The molecule has 2 rings (SSSR count). The molecular formula is C20H21NO6. The number of carbonyl (C=O) groups is 3. The average Bonchev–Trinajstić information content (AvgIpc) is 2.67. The third-order valence-corrected chi connectivity index (χ3v) is 3.94. The fraction of sp³-hybridized carbons (Fsp3) is 0.250. The molecule has 0 fully saturated rings. The number of ketones is 1. The average molecular weight is 371 g/mol. The number of ether oxygens (including phenoxy) is 2. The molecule has 0 spiro atoms. The van der Waals surface area contributed by atoms with E-state index in [1.807, 2.05) is 0 Å². The van der Waals surface area contributed by atoms with Crippen molar-refractivity contribution in [1.29, 1.82) is 0 Å². The van der Waals surface area contributed by atoms with Crippen molar-refractivity contribution in [3.05, 3.63) is 53.6 Å². The second-order valence-electron chi connectivity index (χ2n) is 5.77. The van der Waals surface area contributed by atoms with Gasteiger partial charge in [0.2, 0.25) is 5.91 Å². The molecular weight excluding hydrogens is 350 g/mol. The van der Waals surface area contributed by atoms with Gasteiger partial charge in [0.15, 0.2) is 5.78 Å². The summed E-state index contributed by atoms with van der Waals surface area (Å²) in [7, 11) is 2.92. The summed E-state index contributed by atoms with van der Waals surface area (Å²) in [4.78, 5) is 35.2. The Labute approximate surface area is 156 Å². The molecule has 0 aliphatic carbocycles. The number of hydrogen-bond donors (Lipinski definition) is 2. The Morgan fingerprint density at radius 3 is 2.26 bits per heavy atom. The van der Waals surface area contributed by atoms with Crippen LogP contribution in [-0.4, -0.2) is 37.0 Å². The van der Waals surface area contributed by atoms with E-state index < -0.39 is 5.97 Å². The summed E-state index contributed by atoms with van der Waals surface area (Å²) in [5.41, 5.74) is 1.02. The molecule has 0 atom stereocenters. The van der Waals surface area contributed by atoms with E-state index in [9.17, 15) is 14.4 Å². The molecule has 2 aromatic rings. The second-order valence-corrected chi connectivity index (χ2v) is 5.77. The summed E-state index contributed by atoms with van der Waals surface area (Å²) in [6.45, 7) is 0. The van der Waals surface area contributed by atoms with Crippen molar-refractivity contribution >= 4 is 23.3 Å². The fourth-order valence-electron chi connectivity index (χ4n) is 2.50. The monoisotopic (exact) mass is 371 g/mol. The van der Waals surface area contributed by atoms with E-state index in [1.165, 1.54) is 25.3 Å². The molecule has 7 nitrogen and oxygen atoms in total. The Hall–Kier alpha value is -3.35. The lowest BCUT2D eigenvalue weighted by Gasteiger charge is -2.09. The first kappa shape index (κ1) is 20.0. The van der Waals surface area contributed by atoms with Crippen molar-refractivity contribution in [3.63, 3.8) is 0 Å². The SMILES string of the molecule is COc1ccc(C(=O)CCCC(=O)Nc2ccc(C(=O)O)c(OC)c2)cc1. The van der Waals surface area contributed by atoms with E-state index in [0.717, 1.165) is 0 Å². The van der Waals surface area contributed by atoms with Gasteiger partial charge in [-0.25, -0.2) is 4.79 Å². The van der Waals surface area contributed by atoms with Crippen LogP contribution in [0.3, 0.4) is 0 Å². The van der Waals surface area contributed by atoms with E-state index in [2.05, 4.69) is 5.32 Å². The van der Waals surface area contributed by atoms with Gasteiger partial charge in [-0.1, -0.05) is 0 Å². The Morgan fingerprint density at radius 2 is 1.67 bits per heavy atom. The molecule has 0 radical (unpaired) electrons.